The highest BCUT2D eigenvalue weighted by molar-refractivity contribution is 6.35. The van der Waals surface area contributed by atoms with E-state index in [1.54, 1.807) is 6.07 Å². The van der Waals surface area contributed by atoms with E-state index in [4.69, 9.17) is 23.2 Å². The Morgan fingerprint density at radius 3 is 2.57 bits per heavy atom. The number of aliphatic carboxylic acids is 1. The first kappa shape index (κ1) is 17.2. The maximum atomic E-state index is 13.2. The quantitative estimate of drug-likeness (QED) is 0.861. The molecule has 0 unspecified atom stereocenters. The van der Waals surface area contributed by atoms with Crippen LogP contribution < -0.4 is 5.32 Å². The fourth-order valence-electron chi connectivity index (χ4n) is 2.01. The van der Waals surface area contributed by atoms with E-state index in [2.05, 4.69) is 5.32 Å². The Morgan fingerprint density at radius 1 is 1.17 bits per heavy atom. The van der Waals surface area contributed by atoms with Gasteiger partial charge in [-0.15, -0.1) is 0 Å². The van der Waals surface area contributed by atoms with E-state index in [0.29, 0.717) is 10.6 Å². The first-order chi connectivity index (χ1) is 10.9. The van der Waals surface area contributed by atoms with Gasteiger partial charge in [0.2, 0.25) is 0 Å². The normalized spacial score (nSPS) is 11.8. The number of amides is 1. The summed E-state index contributed by atoms with van der Waals surface area (Å²) in [7, 11) is 0. The van der Waals surface area contributed by atoms with Gasteiger partial charge in [0.15, 0.2) is 0 Å². The molecule has 0 aliphatic rings. The highest BCUT2D eigenvalue weighted by Crippen LogP contribution is 2.20. The summed E-state index contributed by atoms with van der Waals surface area (Å²) in [6.07, 6.45) is -0.0585. The van der Waals surface area contributed by atoms with Crippen LogP contribution in [0.5, 0.6) is 0 Å². The number of carboxylic acids is 1. The Kier molecular flexibility index (Phi) is 5.58. The van der Waals surface area contributed by atoms with E-state index < -0.39 is 23.7 Å². The Labute approximate surface area is 141 Å². The van der Waals surface area contributed by atoms with Gasteiger partial charge in [0.25, 0.3) is 5.91 Å². The number of hydrogen-bond donors (Lipinski definition) is 2. The lowest BCUT2D eigenvalue weighted by Crippen LogP contribution is -2.42. The Hall–Kier alpha value is -2.11. The van der Waals surface area contributed by atoms with Crippen molar-refractivity contribution >= 4 is 35.1 Å². The van der Waals surface area contributed by atoms with Crippen molar-refractivity contribution in [3.8, 4) is 0 Å². The van der Waals surface area contributed by atoms with Crippen LogP contribution in [0.4, 0.5) is 4.39 Å². The molecule has 0 heterocycles. The molecule has 4 nitrogen and oxygen atoms in total. The summed E-state index contributed by atoms with van der Waals surface area (Å²) in [6.45, 7) is 0. The summed E-state index contributed by atoms with van der Waals surface area (Å²) < 4.78 is 13.2. The lowest BCUT2D eigenvalue weighted by atomic mass is 10.1. The summed E-state index contributed by atoms with van der Waals surface area (Å²) in [5.74, 6) is -2.38. The maximum Gasteiger partial charge on any atom is 0.326 e. The lowest BCUT2D eigenvalue weighted by molar-refractivity contribution is -0.139. The second-order valence-electron chi connectivity index (χ2n) is 4.82. The minimum Gasteiger partial charge on any atom is -0.480 e. The van der Waals surface area contributed by atoms with Crippen LogP contribution in [0.25, 0.3) is 0 Å². The minimum absolute atomic E-state index is 0.0585. The van der Waals surface area contributed by atoms with Crippen molar-refractivity contribution in [3.05, 3.63) is 69.5 Å². The van der Waals surface area contributed by atoms with Crippen molar-refractivity contribution in [1.29, 1.82) is 0 Å². The smallest absolute Gasteiger partial charge is 0.326 e. The van der Waals surface area contributed by atoms with Crippen molar-refractivity contribution in [1.82, 2.24) is 5.32 Å². The number of carbonyl (C=O) groups excluding carboxylic acids is 1. The molecule has 0 spiro atoms. The predicted octanol–water partition coefficient (Wildman–Crippen LogP) is 3.56. The van der Waals surface area contributed by atoms with Crippen LogP contribution in [0.1, 0.15) is 15.9 Å². The minimum atomic E-state index is -1.24. The Bertz CT molecular complexity index is 752. The van der Waals surface area contributed by atoms with Crippen LogP contribution in [-0.4, -0.2) is 23.0 Å². The first-order valence-corrected chi connectivity index (χ1v) is 7.35. The monoisotopic (exact) mass is 355 g/mol. The standard InChI is InChI=1S/C16H12Cl2FNO3/c17-10-4-5-13(18)12(8-10)15(21)20-14(16(22)23)7-9-2-1-3-11(19)6-9/h1-6,8,14H,7H2,(H,20,21)(H,22,23)/t14-/m0/s1. The number of rotatable bonds is 5. The molecule has 0 saturated heterocycles. The van der Waals surface area contributed by atoms with Gasteiger partial charge in [0.05, 0.1) is 10.6 Å². The van der Waals surface area contributed by atoms with E-state index in [0.717, 1.165) is 0 Å². The largest absolute Gasteiger partial charge is 0.480 e. The van der Waals surface area contributed by atoms with E-state index in [-0.39, 0.29) is 17.0 Å². The molecule has 0 saturated carbocycles. The summed E-state index contributed by atoms with van der Waals surface area (Å²) >= 11 is 11.7. The highest BCUT2D eigenvalue weighted by atomic mass is 35.5. The van der Waals surface area contributed by atoms with Crippen molar-refractivity contribution in [2.24, 2.45) is 0 Å². The number of carboxylic acid groups (broad SMARTS) is 1. The molecule has 0 bridgehead atoms. The Balaban J connectivity index is 2.17. The number of benzene rings is 2. The average molecular weight is 356 g/mol. The molecule has 0 radical (unpaired) electrons. The fraction of sp³-hybridized carbons (Fsp3) is 0.125. The molecule has 0 aliphatic carbocycles. The van der Waals surface area contributed by atoms with E-state index in [9.17, 15) is 19.1 Å². The Morgan fingerprint density at radius 2 is 1.91 bits per heavy atom. The zero-order valence-electron chi connectivity index (χ0n) is 11.7. The van der Waals surface area contributed by atoms with Gasteiger partial charge in [0, 0.05) is 11.4 Å². The molecule has 2 rings (SSSR count). The molecule has 0 fully saturated rings. The molecule has 2 N–H and O–H groups in total. The summed E-state index contributed by atoms with van der Waals surface area (Å²) in [4.78, 5) is 23.5. The van der Waals surface area contributed by atoms with Gasteiger partial charge >= 0.3 is 5.97 Å². The summed E-state index contributed by atoms with van der Waals surface area (Å²) in [5.41, 5.74) is 0.527. The van der Waals surface area contributed by atoms with Gasteiger partial charge in [-0.2, -0.15) is 0 Å². The SMILES string of the molecule is O=C(N[C@@H](Cc1cccc(F)c1)C(=O)O)c1cc(Cl)ccc1Cl. The van der Waals surface area contributed by atoms with Crippen molar-refractivity contribution in [2.75, 3.05) is 0 Å². The molecule has 2 aromatic carbocycles. The second kappa shape index (κ2) is 7.44. The van der Waals surface area contributed by atoms with Gasteiger partial charge < -0.3 is 10.4 Å². The molecule has 120 valence electrons. The number of hydrogen-bond acceptors (Lipinski definition) is 2. The third-order valence-corrected chi connectivity index (χ3v) is 3.67. The third-order valence-electron chi connectivity index (χ3n) is 3.11. The summed E-state index contributed by atoms with van der Waals surface area (Å²) in [6, 6.07) is 8.61. The van der Waals surface area contributed by atoms with Crippen molar-refractivity contribution in [3.63, 3.8) is 0 Å². The van der Waals surface area contributed by atoms with Crippen LogP contribution in [0.15, 0.2) is 42.5 Å². The van der Waals surface area contributed by atoms with Gasteiger partial charge in [-0.3, -0.25) is 4.79 Å². The topological polar surface area (TPSA) is 66.4 Å². The van der Waals surface area contributed by atoms with Gasteiger partial charge in [-0.05, 0) is 35.9 Å². The molecule has 23 heavy (non-hydrogen) atoms. The van der Waals surface area contributed by atoms with E-state index in [1.165, 1.54) is 36.4 Å². The highest BCUT2D eigenvalue weighted by Gasteiger charge is 2.22. The lowest BCUT2D eigenvalue weighted by Gasteiger charge is -2.15. The number of halogens is 3. The predicted molar refractivity (Wildman–Crippen MR) is 85.5 cm³/mol. The zero-order chi connectivity index (χ0) is 17.0. The number of nitrogens with one attached hydrogen (secondary N) is 1. The van der Waals surface area contributed by atoms with Crippen LogP contribution in [0.2, 0.25) is 10.0 Å². The molecular formula is C16H12Cl2FNO3. The second-order valence-corrected chi connectivity index (χ2v) is 5.67. The molecule has 1 amide bonds. The number of carbonyl (C=O) groups is 2. The van der Waals surface area contributed by atoms with Crippen molar-refractivity contribution in [2.45, 2.75) is 12.5 Å². The zero-order valence-corrected chi connectivity index (χ0v) is 13.2. The molecule has 0 aliphatic heterocycles. The van der Waals surface area contributed by atoms with Crippen molar-refractivity contribution < 1.29 is 19.1 Å². The van der Waals surface area contributed by atoms with E-state index >= 15 is 0 Å². The van der Waals surface area contributed by atoms with E-state index in [1.807, 2.05) is 0 Å². The fourth-order valence-corrected chi connectivity index (χ4v) is 2.38. The van der Waals surface area contributed by atoms with Gasteiger partial charge in [-0.1, -0.05) is 35.3 Å². The van der Waals surface area contributed by atoms with Crippen LogP contribution in [-0.2, 0) is 11.2 Å². The maximum absolute atomic E-state index is 13.2. The molecular weight excluding hydrogens is 344 g/mol. The van der Waals surface area contributed by atoms with Gasteiger partial charge in [0.1, 0.15) is 11.9 Å². The van der Waals surface area contributed by atoms with Gasteiger partial charge in [-0.25, -0.2) is 9.18 Å². The summed E-state index contributed by atoms with van der Waals surface area (Å²) in [5, 5.41) is 12.1. The van der Waals surface area contributed by atoms with Crippen LogP contribution >= 0.6 is 23.2 Å². The molecule has 1 atom stereocenters. The molecule has 0 aromatic heterocycles. The molecule has 7 heteroatoms. The third kappa shape index (κ3) is 4.68. The first-order valence-electron chi connectivity index (χ1n) is 6.60. The van der Waals surface area contributed by atoms with Crippen LogP contribution in [0.3, 0.4) is 0 Å². The molecule has 2 aromatic rings. The van der Waals surface area contributed by atoms with Crippen LogP contribution in [0, 0.1) is 5.82 Å². The average Bonchev–Trinajstić information content (AvgIpc) is 2.49.